The summed E-state index contributed by atoms with van der Waals surface area (Å²) in [5.41, 5.74) is 11.5. The molecule has 0 fully saturated rings. The van der Waals surface area contributed by atoms with E-state index in [-0.39, 0.29) is 23.9 Å². The lowest BCUT2D eigenvalue weighted by atomic mass is 10.1. The first kappa shape index (κ1) is 14.8. The first-order chi connectivity index (χ1) is 8.95. The number of nitrogens with two attached hydrogens (primary N) is 2. The summed E-state index contributed by atoms with van der Waals surface area (Å²) in [7, 11) is 0. The van der Waals surface area contributed by atoms with E-state index in [0.29, 0.717) is 18.0 Å². The number of hydrogen-bond donors (Lipinski definition) is 3. The topological polar surface area (TPSA) is 107 Å². The molecule has 0 aliphatic carbocycles. The fourth-order valence-electron chi connectivity index (χ4n) is 1.72. The molecule has 0 aromatic heterocycles. The van der Waals surface area contributed by atoms with Crippen LogP contribution in [0.3, 0.4) is 0 Å². The molecule has 1 aromatic carbocycles. The van der Waals surface area contributed by atoms with Crippen molar-refractivity contribution in [1.29, 1.82) is 0 Å². The number of hydrogen-bond acceptors (Lipinski definition) is 4. The normalized spacial score (nSPS) is 11.7. The SMILES string of the molecule is CCOc1cccc(N)c1C(=O)NC(C)CC(N)=O. The standard InChI is InChI=1S/C13H19N3O3/c1-3-19-10-6-4-5-9(14)12(10)13(18)16-8(2)7-11(15)17/h4-6,8H,3,7,14H2,1-2H3,(H2,15,17)(H,16,18). The zero-order chi connectivity index (χ0) is 14.4. The molecular weight excluding hydrogens is 246 g/mol. The third kappa shape index (κ3) is 4.17. The van der Waals surface area contributed by atoms with Crippen molar-refractivity contribution in [2.24, 2.45) is 5.73 Å². The number of nitrogens with one attached hydrogen (secondary N) is 1. The van der Waals surface area contributed by atoms with Gasteiger partial charge in [0.25, 0.3) is 5.91 Å². The number of rotatable bonds is 6. The average Bonchev–Trinajstić information content (AvgIpc) is 2.27. The van der Waals surface area contributed by atoms with E-state index in [9.17, 15) is 9.59 Å². The molecule has 0 heterocycles. The lowest BCUT2D eigenvalue weighted by molar-refractivity contribution is -0.118. The molecule has 0 radical (unpaired) electrons. The Morgan fingerprint density at radius 3 is 2.68 bits per heavy atom. The molecule has 6 nitrogen and oxygen atoms in total. The number of carbonyl (C=O) groups is 2. The van der Waals surface area contributed by atoms with E-state index in [4.69, 9.17) is 16.2 Å². The van der Waals surface area contributed by atoms with Gasteiger partial charge in [-0.05, 0) is 26.0 Å². The molecule has 1 atom stereocenters. The molecule has 0 spiro atoms. The number of nitrogen functional groups attached to an aromatic ring is 1. The summed E-state index contributed by atoms with van der Waals surface area (Å²) in [6.45, 7) is 3.95. The maximum Gasteiger partial charge on any atom is 0.257 e. The fraction of sp³-hybridized carbons (Fsp3) is 0.385. The second-order valence-electron chi connectivity index (χ2n) is 4.20. The van der Waals surface area contributed by atoms with Gasteiger partial charge >= 0.3 is 0 Å². The van der Waals surface area contributed by atoms with Crippen LogP contribution in [0.5, 0.6) is 5.75 Å². The van der Waals surface area contributed by atoms with E-state index in [1.54, 1.807) is 25.1 Å². The average molecular weight is 265 g/mol. The minimum atomic E-state index is -0.473. The van der Waals surface area contributed by atoms with E-state index < -0.39 is 5.91 Å². The van der Waals surface area contributed by atoms with Gasteiger partial charge in [0.2, 0.25) is 5.91 Å². The fourth-order valence-corrected chi connectivity index (χ4v) is 1.72. The molecule has 104 valence electrons. The summed E-state index contributed by atoms with van der Waals surface area (Å²) in [6, 6.07) is 4.65. The van der Waals surface area contributed by atoms with Crippen molar-refractivity contribution < 1.29 is 14.3 Å². The highest BCUT2D eigenvalue weighted by atomic mass is 16.5. The van der Waals surface area contributed by atoms with Crippen molar-refractivity contribution >= 4 is 17.5 Å². The Kier molecular flexibility index (Phi) is 5.17. The molecule has 0 aliphatic rings. The van der Waals surface area contributed by atoms with Gasteiger partial charge in [0, 0.05) is 18.2 Å². The summed E-state index contributed by atoms with van der Waals surface area (Å²) in [5.74, 6) is -0.430. The molecule has 0 bridgehead atoms. The van der Waals surface area contributed by atoms with Gasteiger partial charge in [-0.3, -0.25) is 9.59 Å². The summed E-state index contributed by atoms with van der Waals surface area (Å²) >= 11 is 0. The molecule has 1 rings (SSSR count). The molecule has 19 heavy (non-hydrogen) atoms. The van der Waals surface area contributed by atoms with E-state index in [2.05, 4.69) is 5.32 Å². The largest absolute Gasteiger partial charge is 0.493 e. The van der Waals surface area contributed by atoms with E-state index >= 15 is 0 Å². The summed E-state index contributed by atoms with van der Waals surface area (Å²) in [4.78, 5) is 22.9. The minimum absolute atomic E-state index is 0.0719. The molecule has 0 aliphatic heterocycles. The number of primary amides is 1. The number of ether oxygens (including phenoxy) is 1. The lowest BCUT2D eigenvalue weighted by Crippen LogP contribution is -2.36. The van der Waals surface area contributed by atoms with E-state index in [1.165, 1.54) is 0 Å². The Morgan fingerprint density at radius 2 is 2.11 bits per heavy atom. The monoisotopic (exact) mass is 265 g/mol. The molecule has 1 aromatic rings. The van der Waals surface area contributed by atoms with Crippen LogP contribution >= 0.6 is 0 Å². The quantitative estimate of drug-likeness (QED) is 0.657. The first-order valence-electron chi connectivity index (χ1n) is 6.06. The third-order valence-electron chi connectivity index (χ3n) is 2.47. The smallest absolute Gasteiger partial charge is 0.257 e. The second-order valence-corrected chi connectivity index (χ2v) is 4.20. The summed E-state index contributed by atoms with van der Waals surface area (Å²) in [5, 5.41) is 2.67. The van der Waals surface area contributed by atoms with Crippen LogP contribution in [-0.2, 0) is 4.79 Å². The third-order valence-corrected chi connectivity index (χ3v) is 2.47. The molecule has 0 saturated heterocycles. The maximum absolute atomic E-state index is 12.1. The van der Waals surface area contributed by atoms with E-state index in [0.717, 1.165) is 0 Å². The van der Waals surface area contributed by atoms with Crippen LogP contribution in [-0.4, -0.2) is 24.5 Å². The van der Waals surface area contributed by atoms with Gasteiger partial charge < -0.3 is 21.5 Å². The predicted molar refractivity (Wildman–Crippen MR) is 72.8 cm³/mol. The molecule has 5 N–H and O–H groups in total. The van der Waals surface area contributed by atoms with Crippen molar-refractivity contribution in [3.05, 3.63) is 23.8 Å². The molecule has 1 unspecified atom stereocenters. The van der Waals surface area contributed by atoms with Crippen LogP contribution in [0.1, 0.15) is 30.6 Å². The minimum Gasteiger partial charge on any atom is -0.493 e. The van der Waals surface area contributed by atoms with Gasteiger partial charge in [-0.2, -0.15) is 0 Å². The van der Waals surface area contributed by atoms with Crippen molar-refractivity contribution in [1.82, 2.24) is 5.32 Å². The van der Waals surface area contributed by atoms with Crippen LogP contribution in [0, 0.1) is 0 Å². The highest BCUT2D eigenvalue weighted by Crippen LogP contribution is 2.24. The lowest BCUT2D eigenvalue weighted by Gasteiger charge is -2.16. The second kappa shape index (κ2) is 6.63. The van der Waals surface area contributed by atoms with Gasteiger partial charge in [0.1, 0.15) is 11.3 Å². The van der Waals surface area contributed by atoms with Gasteiger partial charge in [0.15, 0.2) is 0 Å². The molecule has 2 amide bonds. The Hall–Kier alpha value is -2.24. The Balaban J connectivity index is 2.89. The Labute approximate surface area is 112 Å². The molecule has 6 heteroatoms. The number of anilines is 1. The number of carbonyl (C=O) groups excluding carboxylic acids is 2. The maximum atomic E-state index is 12.1. The highest BCUT2D eigenvalue weighted by Gasteiger charge is 2.18. The van der Waals surface area contributed by atoms with Crippen LogP contribution in [0.15, 0.2) is 18.2 Å². The van der Waals surface area contributed by atoms with Crippen LogP contribution < -0.4 is 21.5 Å². The van der Waals surface area contributed by atoms with E-state index in [1.807, 2.05) is 6.92 Å². The van der Waals surface area contributed by atoms with Gasteiger partial charge in [-0.15, -0.1) is 0 Å². The van der Waals surface area contributed by atoms with Crippen LogP contribution in [0.25, 0.3) is 0 Å². The van der Waals surface area contributed by atoms with Gasteiger partial charge in [0.05, 0.1) is 6.61 Å². The van der Waals surface area contributed by atoms with Crippen LogP contribution in [0.2, 0.25) is 0 Å². The molecule has 0 saturated carbocycles. The Bertz CT molecular complexity index is 474. The molecular formula is C13H19N3O3. The summed E-state index contributed by atoms with van der Waals surface area (Å²) < 4.78 is 5.37. The summed E-state index contributed by atoms with van der Waals surface area (Å²) in [6.07, 6.45) is 0.0719. The zero-order valence-electron chi connectivity index (χ0n) is 11.1. The zero-order valence-corrected chi connectivity index (χ0v) is 11.1. The Morgan fingerprint density at radius 1 is 1.42 bits per heavy atom. The van der Waals surface area contributed by atoms with Crippen molar-refractivity contribution in [2.75, 3.05) is 12.3 Å². The number of benzene rings is 1. The van der Waals surface area contributed by atoms with Crippen molar-refractivity contribution in [3.8, 4) is 5.75 Å². The highest BCUT2D eigenvalue weighted by molar-refractivity contribution is 6.02. The predicted octanol–water partition coefficient (Wildman–Crippen LogP) is 0.661. The van der Waals surface area contributed by atoms with Gasteiger partial charge in [-0.1, -0.05) is 6.07 Å². The number of amides is 2. The first-order valence-corrected chi connectivity index (χ1v) is 6.06. The van der Waals surface area contributed by atoms with Crippen molar-refractivity contribution in [2.45, 2.75) is 26.3 Å². The van der Waals surface area contributed by atoms with Gasteiger partial charge in [-0.25, -0.2) is 0 Å². The van der Waals surface area contributed by atoms with Crippen LogP contribution in [0.4, 0.5) is 5.69 Å². The van der Waals surface area contributed by atoms with Crippen molar-refractivity contribution in [3.63, 3.8) is 0 Å².